The summed E-state index contributed by atoms with van der Waals surface area (Å²) in [6.07, 6.45) is 1.64. The number of fused-ring (bicyclic) bond motifs is 1. The molecule has 1 N–H and O–H groups in total. The van der Waals surface area contributed by atoms with E-state index in [9.17, 15) is 9.50 Å². The largest absolute Gasteiger partial charge is 0.508 e. The molecule has 184 valence electrons. The van der Waals surface area contributed by atoms with Crippen LogP contribution in [0.1, 0.15) is 36.6 Å². The number of aromatic hydroxyl groups is 1. The van der Waals surface area contributed by atoms with E-state index >= 15 is 0 Å². The molecule has 1 unspecified atom stereocenters. The fourth-order valence-corrected chi connectivity index (χ4v) is 4.83. The molecular weight excluding hydrogens is 439 g/mol. The number of halogens is 1. The van der Waals surface area contributed by atoms with Crippen molar-refractivity contribution in [1.82, 2.24) is 4.90 Å². The SMILES string of the molecule is C=C(C)CN(CC)CCOc1ccc(CC2c3ccc(O)cc3CCN2c2ccc(F)cc2)cc1. The summed E-state index contributed by atoms with van der Waals surface area (Å²) in [4.78, 5) is 4.66. The second-order valence-corrected chi connectivity index (χ2v) is 9.34. The predicted octanol–water partition coefficient (Wildman–Crippen LogP) is 6.15. The molecule has 0 saturated heterocycles. The van der Waals surface area contributed by atoms with Gasteiger partial charge in [0.05, 0.1) is 6.04 Å². The smallest absolute Gasteiger partial charge is 0.123 e. The van der Waals surface area contributed by atoms with Crippen LogP contribution in [0.2, 0.25) is 0 Å². The van der Waals surface area contributed by atoms with Gasteiger partial charge in [-0.1, -0.05) is 37.3 Å². The number of nitrogens with zero attached hydrogens (tertiary/aromatic N) is 2. The normalized spacial score (nSPS) is 15.2. The number of hydrogen-bond acceptors (Lipinski definition) is 4. The first-order chi connectivity index (χ1) is 16.9. The molecule has 1 aliphatic heterocycles. The van der Waals surface area contributed by atoms with Crippen molar-refractivity contribution in [2.45, 2.75) is 32.7 Å². The number of ether oxygens (including phenoxy) is 1. The molecule has 0 saturated carbocycles. The Balaban J connectivity index is 1.47. The van der Waals surface area contributed by atoms with Gasteiger partial charge in [0.15, 0.2) is 0 Å². The van der Waals surface area contributed by atoms with Gasteiger partial charge in [-0.2, -0.15) is 0 Å². The van der Waals surface area contributed by atoms with Crippen LogP contribution in [-0.2, 0) is 12.8 Å². The van der Waals surface area contributed by atoms with E-state index in [0.29, 0.717) is 12.4 Å². The van der Waals surface area contributed by atoms with E-state index in [0.717, 1.165) is 56.0 Å². The van der Waals surface area contributed by atoms with Crippen molar-refractivity contribution in [2.75, 3.05) is 37.7 Å². The summed E-state index contributed by atoms with van der Waals surface area (Å²) in [5.41, 5.74) is 5.74. The lowest BCUT2D eigenvalue weighted by Crippen LogP contribution is -2.36. The van der Waals surface area contributed by atoms with Crippen molar-refractivity contribution >= 4 is 5.69 Å². The van der Waals surface area contributed by atoms with Gasteiger partial charge in [0.2, 0.25) is 0 Å². The van der Waals surface area contributed by atoms with Crippen molar-refractivity contribution in [1.29, 1.82) is 0 Å². The summed E-state index contributed by atoms with van der Waals surface area (Å²) in [6.45, 7) is 12.4. The molecule has 0 aliphatic carbocycles. The summed E-state index contributed by atoms with van der Waals surface area (Å²) >= 11 is 0. The number of rotatable bonds is 10. The fraction of sp³-hybridized carbons (Fsp3) is 0.333. The van der Waals surface area contributed by atoms with E-state index in [-0.39, 0.29) is 11.9 Å². The Labute approximate surface area is 208 Å². The molecule has 0 radical (unpaired) electrons. The second-order valence-electron chi connectivity index (χ2n) is 9.34. The first-order valence-corrected chi connectivity index (χ1v) is 12.4. The van der Waals surface area contributed by atoms with Gasteiger partial charge in [-0.25, -0.2) is 4.39 Å². The van der Waals surface area contributed by atoms with Gasteiger partial charge < -0.3 is 14.7 Å². The monoisotopic (exact) mass is 474 g/mol. The maximum Gasteiger partial charge on any atom is 0.123 e. The molecule has 3 aromatic rings. The quantitative estimate of drug-likeness (QED) is 0.357. The lowest BCUT2D eigenvalue weighted by molar-refractivity contribution is 0.227. The third-order valence-corrected chi connectivity index (χ3v) is 6.61. The number of anilines is 1. The zero-order valence-corrected chi connectivity index (χ0v) is 20.7. The van der Waals surface area contributed by atoms with Crippen LogP contribution < -0.4 is 9.64 Å². The van der Waals surface area contributed by atoms with Crippen LogP contribution in [0.3, 0.4) is 0 Å². The van der Waals surface area contributed by atoms with E-state index in [4.69, 9.17) is 4.74 Å². The minimum absolute atomic E-state index is 0.0943. The van der Waals surface area contributed by atoms with Crippen LogP contribution in [0.5, 0.6) is 11.5 Å². The highest BCUT2D eigenvalue weighted by atomic mass is 19.1. The molecule has 1 heterocycles. The lowest BCUT2D eigenvalue weighted by Gasteiger charge is -2.39. The summed E-state index contributed by atoms with van der Waals surface area (Å²) in [5, 5.41) is 10.00. The second kappa shape index (κ2) is 11.4. The highest BCUT2D eigenvalue weighted by molar-refractivity contribution is 5.53. The van der Waals surface area contributed by atoms with E-state index in [1.165, 1.54) is 28.8 Å². The molecule has 0 amide bonds. The van der Waals surface area contributed by atoms with Crippen molar-refractivity contribution in [3.05, 3.63) is 101 Å². The average molecular weight is 475 g/mol. The van der Waals surface area contributed by atoms with Crippen molar-refractivity contribution in [3.63, 3.8) is 0 Å². The number of likely N-dealkylation sites (N-methyl/N-ethyl adjacent to an activating group) is 1. The Kier molecular flexibility index (Phi) is 8.09. The van der Waals surface area contributed by atoms with Crippen molar-refractivity contribution in [3.8, 4) is 11.5 Å². The van der Waals surface area contributed by atoms with Crippen LogP contribution >= 0.6 is 0 Å². The summed E-state index contributed by atoms with van der Waals surface area (Å²) < 4.78 is 19.6. The van der Waals surface area contributed by atoms with Crippen LogP contribution in [-0.4, -0.2) is 42.8 Å². The number of benzene rings is 3. The summed E-state index contributed by atoms with van der Waals surface area (Å²) in [6, 6.07) is 20.8. The molecule has 1 aliphatic rings. The highest BCUT2D eigenvalue weighted by Gasteiger charge is 2.28. The Bertz CT molecular complexity index is 1130. The maximum atomic E-state index is 13.6. The number of phenolic OH excluding ortho intramolecular Hbond substituents is 1. The van der Waals surface area contributed by atoms with Gasteiger partial charge in [0.1, 0.15) is 23.9 Å². The topological polar surface area (TPSA) is 35.9 Å². The van der Waals surface area contributed by atoms with Gasteiger partial charge in [-0.3, -0.25) is 4.90 Å². The molecule has 0 spiro atoms. The molecule has 35 heavy (non-hydrogen) atoms. The molecule has 0 bridgehead atoms. The zero-order chi connectivity index (χ0) is 24.8. The zero-order valence-electron chi connectivity index (χ0n) is 20.7. The van der Waals surface area contributed by atoms with Gasteiger partial charge in [-0.05, 0) is 91.5 Å². The predicted molar refractivity (Wildman–Crippen MR) is 141 cm³/mol. The van der Waals surface area contributed by atoms with Crippen molar-refractivity contribution in [2.24, 2.45) is 0 Å². The van der Waals surface area contributed by atoms with Gasteiger partial charge in [0, 0.05) is 25.3 Å². The van der Waals surface area contributed by atoms with Gasteiger partial charge in [-0.15, -0.1) is 0 Å². The molecular formula is C30H35FN2O2. The third kappa shape index (κ3) is 6.43. The maximum absolute atomic E-state index is 13.6. The Morgan fingerprint density at radius 1 is 1.11 bits per heavy atom. The lowest BCUT2D eigenvalue weighted by atomic mass is 9.88. The van der Waals surface area contributed by atoms with Crippen LogP contribution in [0.25, 0.3) is 0 Å². The van der Waals surface area contributed by atoms with Crippen LogP contribution in [0.15, 0.2) is 78.9 Å². The van der Waals surface area contributed by atoms with E-state index in [1.54, 1.807) is 6.07 Å². The third-order valence-electron chi connectivity index (χ3n) is 6.61. The standard InChI is InChI=1S/C30H35FN2O2/c1-4-32(21-22(2)3)17-18-35-28-12-5-23(6-13-28)19-30-29-14-11-27(34)20-24(29)15-16-33(30)26-9-7-25(31)8-10-26/h5-14,20,30,34H,2,4,15-19,21H2,1,3H3. The Morgan fingerprint density at radius 3 is 2.54 bits per heavy atom. The minimum Gasteiger partial charge on any atom is -0.508 e. The Morgan fingerprint density at radius 2 is 1.86 bits per heavy atom. The molecule has 5 heteroatoms. The average Bonchev–Trinajstić information content (AvgIpc) is 2.85. The van der Waals surface area contributed by atoms with E-state index in [2.05, 4.69) is 35.4 Å². The Hall–Kier alpha value is -3.31. The molecule has 4 nitrogen and oxygen atoms in total. The van der Waals surface area contributed by atoms with Crippen molar-refractivity contribution < 1.29 is 14.2 Å². The first-order valence-electron chi connectivity index (χ1n) is 12.4. The minimum atomic E-state index is -0.232. The van der Waals surface area contributed by atoms with Gasteiger partial charge in [0.25, 0.3) is 0 Å². The molecule has 1 atom stereocenters. The summed E-state index contributed by atoms with van der Waals surface area (Å²) in [5.74, 6) is 0.929. The van der Waals surface area contributed by atoms with E-state index in [1.807, 2.05) is 43.3 Å². The van der Waals surface area contributed by atoms with E-state index < -0.39 is 0 Å². The highest BCUT2D eigenvalue weighted by Crippen LogP contribution is 2.37. The molecule has 4 rings (SSSR count). The number of hydrogen-bond donors (Lipinski definition) is 1. The summed E-state index contributed by atoms with van der Waals surface area (Å²) in [7, 11) is 0. The number of phenols is 1. The van der Waals surface area contributed by atoms with Gasteiger partial charge >= 0.3 is 0 Å². The first kappa shape index (κ1) is 24.8. The molecule has 3 aromatic carbocycles. The fourth-order valence-electron chi connectivity index (χ4n) is 4.83. The molecule has 0 fully saturated rings. The van der Waals surface area contributed by atoms with Crippen LogP contribution in [0, 0.1) is 5.82 Å². The van der Waals surface area contributed by atoms with Crippen LogP contribution in [0.4, 0.5) is 10.1 Å². The molecule has 0 aromatic heterocycles.